The molecule has 0 aromatic heterocycles. The molecule has 0 heterocycles. The van der Waals surface area contributed by atoms with Crippen LogP contribution in [0.5, 0.6) is 5.75 Å². The molecule has 0 aliphatic heterocycles. The lowest BCUT2D eigenvalue weighted by Crippen LogP contribution is -1.97. The first-order chi connectivity index (χ1) is 11.6. The van der Waals surface area contributed by atoms with Crippen LogP contribution in [0.4, 0.5) is 0 Å². The van der Waals surface area contributed by atoms with Gasteiger partial charge in [0, 0.05) is 6.08 Å². The Morgan fingerprint density at radius 2 is 1.88 bits per heavy atom. The maximum Gasteiger partial charge on any atom is 0.328 e. The van der Waals surface area contributed by atoms with Crippen LogP contribution in [-0.4, -0.2) is 11.1 Å². The second-order valence-corrected chi connectivity index (χ2v) is 6.14. The van der Waals surface area contributed by atoms with Crippen molar-refractivity contribution in [3.05, 3.63) is 82.3 Å². The molecule has 0 saturated heterocycles. The minimum absolute atomic E-state index is 0.463. The fourth-order valence-electron chi connectivity index (χ4n) is 2.48. The fraction of sp³-hybridized carbons (Fsp3) is 0.0500. The largest absolute Gasteiger partial charge is 0.488 e. The fourth-order valence-corrected chi connectivity index (χ4v) is 2.99. The number of carboxylic acids is 1. The van der Waals surface area contributed by atoms with E-state index in [-0.39, 0.29) is 0 Å². The Kier molecular flexibility index (Phi) is 4.96. The zero-order valence-electron chi connectivity index (χ0n) is 12.8. The van der Waals surface area contributed by atoms with Crippen LogP contribution in [-0.2, 0) is 11.4 Å². The van der Waals surface area contributed by atoms with Crippen molar-refractivity contribution >= 4 is 38.7 Å². The van der Waals surface area contributed by atoms with E-state index in [0.29, 0.717) is 6.61 Å². The predicted octanol–water partition coefficient (Wildman–Crippen LogP) is 5.28. The summed E-state index contributed by atoms with van der Waals surface area (Å²) in [5.74, 6) is -0.252. The van der Waals surface area contributed by atoms with Gasteiger partial charge in [-0.15, -0.1) is 0 Å². The van der Waals surface area contributed by atoms with Crippen LogP contribution >= 0.6 is 15.9 Å². The summed E-state index contributed by atoms with van der Waals surface area (Å²) in [6.45, 7) is 0.463. The van der Waals surface area contributed by atoms with Gasteiger partial charge < -0.3 is 9.84 Å². The molecule has 3 aromatic rings. The minimum atomic E-state index is -0.970. The van der Waals surface area contributed by atoms with Crippen molar-refractivity contribution in [1.29, 1.82) is 0 Å². The highest BCUT2D eigenvalue weighted by atomic mass is 79.9. The SMILES string of the molecule is O=C(O)/C=C/c1ccc(OCc2cccc3ccccc23)c(Br)c1. The number of ether oxygens (including phenoxy) is 1. The lowest BCUT2D eigenvalue weighted by Gasteiger charge is -2.11. The first-order valence-electron chi connectivity index (χ1n) is 7.43. The number of aliphatic carboxylic acids is 1. The molecule has 3 aromatic carbocycles. The van der Waals surface area contributed by atoms with E-state index in [9.17, 15) is 4.79 Å². The van der Waals surface area contributed by atoms with Crippen LogP contribution in [0, 0.1) is 0 Å². The van der Waals surface area contributed by atoms with Gasteiger partial charge in [-0.1, -0.05) is 48.5 Å². The molecule has 0 fully saturated rings. The lowest BCUT2D eigenvalue weighted by molar-refractivity contribution is -0.131. The smallest absolute Gasteiger partial charge is 0.328 e. The van der Waals surface area contributed by atoms with E-state index >= 15 is 0 Å². The number of fused-ring (bicyclic) bond motifs is 1. The van der Waals surface area contributed by atoms with E-state index < -0.39 is 5.97 Å². The van der Waals surface area contributed by atoms with Gasteiger partial charge in [0.25, 0.3) is 0 Å². The number of hydrogen-bond acceptors (Lipinski definition) is 2. The summed E-state index contributed by atoms with van der Waals surface area (Å²) in [6, 6.07) is 19.9. The van der Waals surface area contributed by atoms with Crippen LogP contribution < -0.4 is 4.74 Å². The van der Waals surface area contributed by atoms with E-state index in [1.54, 1.807) is 6.08 Å². The van der Waals surface area contributed by atoms with Gasteiger partial charge in [-0.25, -0.2) is 4.79 Å². The zero-order chi connectivity index (χ0) is 16.9. The van der Waals surface area contributed by atoms with Crippen LogP contribution in [0.3, 0.4) is 0 Å². The molecule has 0 aliphatic carbocycles. The van der Waals surface area contributed by atoms with E-state index in [0.717, 1.165) is 27.4 Å². The monoisotopic (exact) mass is 382 g/mol. The highest BCUT2D eigenvalue weighted by Gasteiger charge is 2.05. The molecule has 24 heavy (non-hydrogen) atoms. The lowest BCUT2D eigenvalue weighted by atomic mass is 10.1. The quantitative estimate of drug-likeness (QED) is 0.610. The number of carbonyl (C=O) groups is 1. The van der Waals surface area contributed by atoms with Gasteiger partial charge in [0.05, 0.1) is 4.47 Å². The Bertz CT molecular complexity index is 910. The summed E-state index contributed by atoms with van der Waals surface area (Å²) in [4.78, 5) is 10.6. The highest BCUT2D eigenvalue weighted by molar-refractivity contribution is 9.10. The normalized spacial score (nSPS) is 11.0. The molecular weight excluding hydrogens is 368 g/mol. The van der Waals surface area contributed by atoms with E-state index in [2.05, 4.69) is 40.2 Å². The first-order valence-corrected chi connectivity index (χ1v) is 8.23. The number of halogens is 1. The highest BCUT2D eigenvalue weighted by Crippen LogP contribution is 2.28. The van der Waals surface area contributed by atoms with Crippen LogP contribution in [0.1, 0.15) is 11.1 Å². The number of carboxylic acid groups (broad SMARTS) is 1. The average molecular weight is 383 g/mol. The molecule has 3 nitrogen and oxygen atoms in total. The molecule has 0 amide bonds. The molecule has 4 heteroatoms. The van der Waals surface area contributed by atoms with Gasteiger partial charge in [0.2, 0.25) is 0 Å². The summed E-state index contributed by atoms with van der Waals surface area (Å²) in [5, 5.41) is 11.0. The van der Waals surface area contributed by atoms with Crippen molar-refractivity contribution < 1.29 is 14.6 Å². The maximum atomic E-state index is 10.6. The van der Waals surface area contributed by atoms with Crippen molar-refractivity contribution in [3.8, 4) is 5.75 Å². The van der Waals surface area contributed by atoms with Gasteiger partial charge in [-0.3, -0.25) is 0 Å². The zero-order valence-corrected chi connectivity index (χ0v) is 14.4. The Hall–Kier alpha value is -2.59. The van der Waals surface area contributed by atoms with Crippen LogP contribution in [0.25, 0.3) is 16.8 Å². The second-order valence-electron chi connectivity index (χ2n) is 5.29. The molecule has 0 saturated carbocycles. The van der Waals surface area contributed by atoms with Gasteiger partial charge in [-0.05, 0) is 56.0 Å². The van der Waals surface area contributed by atoms with Crippen LogP contribution in [0.2, 0.25) is 0 Å². The Balaban J connectivity index is 1.78. The molecule has 3 rings (SSSR count). The van der Waals surface area contributed by atoms with Crippen molar-refractivity contribution in [1.82, 2.24) is 0 Å². The molecule has 0 spiro atoms. The average Bonchev–Trinajstić information content (AvgIpc) is 2.59. The summed E-state index contributed by atoms with van der Waals surface area (Å²) >= 11 is 3.47. The van der Waals surface area contributed by atoms with Crippen molar-refractivity contribution in [2.75, 3.05) is 0 Å². The Morgan fingerprint density at radius 3 is 2.67 bits per heavy atom. The minimum Gasteiger partial charge on any atom is -0.488 e. The summed E-state index contributed by atoms with van der Waals surface area (Å²) in [6.07, 6.45) is 2.65. The molecule has 0 atom stereocenters. The molecule has 120 valence electrons. The first kappa shape index (κ1) is 16.3. The van der Waals surface area contributed by atoms with Gasteiger partial charge >= 0.3 is 5.97 Å². The summed E-state index contributed by atoms with van der Waals surface area (Å²) < 4.78 is 6.71. The van der Waals surface area contributed by atoms with E-state index in [1.807, 2.05) is 36.4 Å². The predicted molar refractivity (Wildman–Crippen MR) is 99.1 cm³/mol. The molecule has 0 aliphatic rings. The second kappa shape index (κ2) is 7.32. The Labute approximate surface area is 148 Å². The standard InChI is InChI=1S/C20H15BrO3/c21-18-12-14(9-11-20(22)23)8-10-19(18)24-13-16-6-3-5-15-4-1-2-7-17(15)16/h1-12H,13H2,(H,22,23)/b11-9+. The molecule has 0 unspecified atom stereocenters. The molecule has 0 radical (unpaired) electrons. The summed E-state index contributed by atoms with van der Waals surface area (Å²) in [7, 11) is 0. The third-order valence-electron chi connectivity index (χ3n) is 3.64. The van der Waals surface area contributed by atoms with E-state index in [4.69, 9.17) is 9.84 Å². The van der Waals surface area contributed by atoms with Gasteiger partial charge in [0.1, 0.15) is 12.4 Å². The number of benzene rings is 3. The van der Waals surface area contributed by atoms with Gasteiger partial charge in [-0.2, -0.15) is 0 Å². The molecular formula is C20H15BrO3. The van der Waals surface area contributed by atoms with Crippen molar-refractivity contribution in [2.24, 2.45) is 0 Å². The van der Waals surface area contributed by atoms with E-state index in [1.165, 1.54) is 10.8 Å². The third kappa shape index (κ3) is 3.84. The van der Waals surface area contributed by atoms with Crippen molar-refractivity contribution in [3.63, 3.8) is 0 Å². The van der Waals surface area contributed by atoms with Gasteiger partial charge in [0.15, 0.2) is 0 Å². The summed E-state index contributed by atoms with van der Waals surface area (Å²) in [5.41, 5.74) is 1.91. The molecule has 1 N–H and O–H groups in total. The molecule has 0 bridgehead atoms. The van der Waals surface area contributed by atoms with Crippen molar-refractivity contribution in [2.45, 2.75) is 6.61 Å². The number of hydrogen-bond donors (Lipinski definition) is 1. The topological polar surface area (TPSA) is 46.5 Å². The maximum absolute atomic E-state index is 10.6. The Morgan fingerprint density at radius 1 is 1.08 bits per heavy atom. The van der Waals surface area contributed by atoms with Crippen LogP contribution in [0.15, 0.2) is 71.2 Å². The number of rotatable bonds is 5. The third-order valence-corrected chi connectivity index (χ3v) is 4.26.